The van der Waals surface area contributed by atoms with Crippen LogP contribution in [0.25, 0.3) is 22.2 Å². The Kier molecular flexibility index (Phi) is 7.40. The summed E-state index contributed by atoms with van der Waals surface area (Å²) in [7, 11) is -3.77. The van der Waals surface area contributed by atoms with Crippen LogP contribution in [0.2, 0.25) is 0 Å². The van der Waals surface area contributed by atoms with Crippen LogP contribution in [-0.4, -0.2) is 58.6 Å². The lowest BCUT2D eigenvalue weighted by Crippen LogP contribution is -2.40. The highest BCUT2D eigenvalue weighted by molar-refractivity contribution is 7.89. The van der Waals surface area contributed by atoms with Crippen molar-refractivity contribution in [1.29, 1.82) is 0 Å². The number of rotatable bonds is 6. The number of aromatic nitrogens is 4. The first-order chi connectivity index (χ1) is 18.9. The van der Waals surface area contributed by atoms with Crippen LogP contribution in [0.3, 0.4) is 0 Å². The predicted octanol–water partition coefficient (Wildman–Crippen LogP) is 2.76. The van der Waals surface area contributed by atoms with Crippen LogP contribution in [0.15, 0.2) is 78.5 Å². The first kappa shape index (κ1) is 26.1. The van der Waals surface area contributed by atoms with E-state index in [1.165, 1.54) is 12.4 Å². The molecule has 1 fully saturated rings. The van der Waals surface area contributed by atoms with E-state index in [1.807, 2.05) is 30.3 Å². The number of hydrogen-bond donors (Lipinski definition) is 2. The number of amides is 1. The molecule has 1 aliphatic heterocycles. The molecule has 0 saturated carbocycles. The topological polar surface area (TPSA) is 136 Å². The van der Waals surface area contributed by atoms with Gasteiger partial charge in [0.15, 0.2) is 5.65 Å². The zero-order valence-corrected chi connectivity index (χ0v) is 21.9. The summed E-state index contributed by atoms with van der Waals surface area (Å²) in [4.78, 5) is 22.5. The van der Waals surface area contributed by atoms with E-state index in [4.69, 9.17) is 5.73 Å². The largest absolute Gasteiger partial charge is 0.383 e. The molecular weight excluding hydrogens is 514 g/mol. The van der Waals surface area contributed by atoms with Gasteiger partial charge in [0.2, 0.25) is 15.9 Å². The summed E-state index contributed by atoms with van der Waals surface area (Å²) in [6, 6.07) is 16.3. The fourth-order valence-electron chi connectivity index (χ4n) is 4.62. The molecule has 2 aromatic heterocycles. The predicted molar refractivity (Wildman–Crippen MR) is 149 cm³/mol. The van der Waals surface area contributed by atoms with Crippen LogP contribution in [0.1, 0.15) is 24.6 Å². The highest BCUT2D eigenvalue weighted by Gasteiger charge is 2.27. The summed E-state index contributed by atoms with van der Waals surface area (Å²) in [5.41, 5.74) is 8.93. The summed E-state index contributed by atoms with van der Waals surface area (Å²) in [5.74, 6) is 5.85. The molecule has 198 valence electrons. The summed E-state index contributed by atoms with van der Waals surface area (Å²) >= 11 is 0. The number of carbonyl (C=O) groups excluding carboxylic acids is 1. The lowest BCUT2D eigenvalue weighted by atomic mass is 10.1. The number of hydrogen-bond acceptors (Lipinski definition) is 7. The number of nitrogen functional groups attached to an aromatic ring is 1. The Morgan fingerprint density at radius 3 is 2.62 bits per heavy atom. The van der Waals surface area contributed by atoms with Gasteiger partial charge in [-0.2, -0.15) is 9.82 Å². The Morgan fingerprint density at radius 2 is 1.87 bits per heavy atom. The summed E-state index contributed by atoms with van der Waals surface area (Å²) in [5, 5.41) is 5.14. The van der Waals surface area contributed by atoms with Gasteiger partial charge < -0.3 is 10.6 Å². The van der Waals surface area contributed by atoms with Gasteiger partial charge in [0.25, 0.3) is 0 Å². The van der Waals surface area contributed by atoms with Crippen molar-refractivity contribution in [3.63, 3.8) is 0 Å². The van der Waals surface area contributed by atoms with Gasteiger partial charge in [0, 0.05) is 13.1 Å². The maximum atomic E-state index is 12.8. The molecule has 0 aliphatic carbocycles. The van der Waals surface area contributed by atoms with Crippen molar-refractivity contribution >= 4 is 32.8 Å². The molecule has 0 bridgehead atoms. The van der Waals surface area contributed by atoms with Crippen LogP contribution in [-0.2, 0) is 14.8 Å². The van der Waals surface area contributed by atoms with E-state index in [1.54, 1.807) is 33.8 Å². The molecule has 1 atom stereocenters. The van der Waals surface area contributed by atoms with Crippen LogP contribution in [0.5, 0.6) is 0 Å². The maximum absolute atomic E-state index is 12.8. The van der Waals surface area contributed by atoms with Gasteiger partial charge in [-0.3, -0.25) is 4.79 Å². The Bertz CT molecular complexity index is 1690. The van der Waals surface area contributed by atoms with Gasteiger partial charge in [0.1, 0.15) is 17.8 Å². The smallest absolute Gasteiger partial charge is 0.246 e. The molecule has 3 N–H and O–H groups in total. The molecule has 1 saturated heterocycles. The van der Waals surface area contributed by atoms with E-state index >= 15 is 0 Å². The molecule has 0 radical (unpaired) electrons. The molecule has 0 unspecified atom stereocenters. The number of carbonyl (C=O) groups is 1. The Balaban J connectivity index is 1.34. The van der Waals surface area contributed by atoms with Crippen molar-refractivity contribution in [2.45, 2.75) is 23.8 Å². The molecule has 3 heterocycles. The van der Waals surface area contributed by atoms with Crippen molar-refractivity contribution in [3.05, 3.63) is 79.3 Å². The van der Waals surface area contributed by atoms with Crippen molar-refractivity contribution in [2.24, 2.45) is 0 Å². The van der Waals surface area contributed by atoms with Crippen LogP contribution in [0.4, 0.5) is 5.82 Å². The number of sulfonamides is 1. The molecule has 10 nitrogen and oxygen atoms in total. The number of fused-ring (bicyclic) bond motifs is 1. The second-order valence-corrected chi connectivity index (χ2v) is 10.8. The molecule has 1 aliphatic rings. The zero-order valence-electron chi connectivity index (χ0n) is 21.1. The molecule has 11 heteroatoms. The van der Waals surface area contributed by atoms with Gasteiger partial charge in [-0.05, 0) is 48.1 Å². The Labute approximate surface area is 226 Å². The second-order valence-electron chi connectivity index (χ2n) is 9.05. The quantitative estimate of drug-likeness (QED) is 0.283. The van der Waals surface area contributed by atoms with Crippen LogP contribution in [0, 0.1) is 11.8 Å². The molecule has 0 spiro atoms. The average molecular weight is 542 g/mol. The molecular formula is C28H27N7O3S. The minimum absolute atomic E-state index is 0.118. The normalized spacial score (nSPS) is 15.5. The fraction of sp³-hybridized carbons (Fsp3) is 0.214. The number of anilines is 1. The van der Waals surface area contributed by atoms with Crippen molar-refractivity contribution in [3.8, 4) is 23.0 Å². The van der Waals surface area contributed by atoms with E-state index in [2.05, 4.69) is 38.2 Å². The third-order valence-corrected chi connectivity index (χ3v) is 7.99. The summed E-state index contributed by atoms with van der Waals surface area (Å²) in [6.45, 7) is 4.56. The first-order valence-corrected chi connectivity index (χ1v) is 13.9. The summed E-state index contributed by atoms with van der Waals surface area (Å²) < 4.78 is 29.8. The molecule has 1 amide bonds. The highest BCUT2D eigenvalue weighted by Crippen LogP contribution is 2.28. The van der Waals surface area contributed by atoms with Crippen molar-refractivity contribution in [2.75, 3.05) is 25.4 Å². The lowest BCUT2D eigenvalue weighted by molar-refractivity contribution is -0.127. The summed E-state index contributed by atoms with van der Waals surface area (Å²) in [6.07, 6.45) is 4.28. The molecule has 2 aromatic carbocycles. The number of nitrogens with zero attached hydrogens (tertiary/aromatic N) is 5. The van der Waals surface area contributed by atoms with Crippen molar-refractivity contribution in [1.82, 2.24) is 29.4 Å². The third-order valence-electron chi connectivity index (χ3n) is 6.58. The average Bonchev–Trinajstić information content (AvgIpc) is 3.35. The van der Waals surface area contributed by atoms with E-state index in [0.29, 0.717) is 29.8 Å². The first-order valence-electron chi connectivity index (χ1n) is 12.4. The third kappa shape index (κ3) is 5.52. The molecule has 4 aromatic rings. The van der Waals surface area contributed by atoms with E-state index in [9.17, 15) is 13.2 Å². The number of likely N-dealkylation sites (tertiary alicyclic amines) is 1. The number of benzene rings is 2. The number of nitrogens with one attached hydrogen (secondary N) is 1. The van der Waals surface area contributed by atoms with Gasteiger partial charge in [0.05, 0.1) is 22.9 Å². The van der Waals surface area contributed by atoms with E-state index in [0.717, 1.165) is 24.0 Å². The van der Waals surface area contributed by atoms with Gasteiger partial charge >= 0.3 is 0 Å². The van der Waals surface area contributed by atoms with Gasteiger partial charge in [-0.25, -0.2) is 23.1 Å². The Morgan fingerprint density at radius 1 is 1.13 bits per heavy atom. The SMILES string of the molecule is C=CC(=O)N1CCC[C@@H](n2nc(C#CCNS(=O)(=O)c3ccc(-c4ccccc4)cc3)c3c(N)ncnc32)C1. The molecule has 39 heavy (non-hydrogen) atoms. The highest BCUT2D eigenvalue weighted by atomic mass is 32.2. The van der Waals surface area contributed by atoms with E-state index < -0.39 is 10.0 Å². The van der Waals surface area contributed by atoms with Crippen LogP contribution < -0.4 is 10.5 Å². The Hall–Kier alpha value is -4.53. The number of nitrogens with two attached hydrogens (primary N) is 1. The zero-order chi connectivity index (χ0) is 27.4. The van der Waals surface area contributed by atoms with Gasteiger partial charge in [-0.1, -0.05) is 55.0 Å². The van der Waals surface area contributed by atoms with Gasteiger partial charge in [-0.15, -0.1) is 0 Å². The minimum atomic E-state index is -3.77. The monoisotopic (exact) mass is 541 g/mol. The van der Waals surface area contributed by atoms with Crippen LogP contribution >= 0.6 is 0 Å². The second kappa shape index (κ2) is 11.1. The molecule has 5 rings (SSSR count). The lowest BCUT2D eigenvalue weighted by Gasteiger charge is -2.32. The number of piperidine rings is 1. The van der Waals surface area contributed by atoms with Crippen molar-refractivity contribution < 1.29 is 13.2 Å². The van der Waals surface area contributed by atoms with E-state index in [-0.39, 0.29) is 29.2 Å². The minimum Gasteiger partial charge on any atom is -0.383 e. The maximum Gasteiger partial charge on any atom is 0.246 e. The fourth-order valence-corrected chi connectivity index (χ4v) is 5.54. The standard InChI is InChI=1S/C28H27N7O3S/c1-2-25(36)34-17-7-10-22(18-34)35-28-26(27(29)30-19-31-28)24(33-35)11-6-16-32-39(37,38)23-14-12-21(13-15-23)20-8-4-3-5-9-20/h2-5,8-9,12-15,19,22,32H,1,7,10,16-18H2,(H2,29,30,31)/t22-/m1/s1.